The summed E-state index contributed by atoms with van der Waals surface area (Å²) in [5.74, 6) is 2.28. The van der Waals surface area contributed by atoms with E-state index in [0.717, 1.165) is 31.1 Å². The molecule has 1 heterocycles. The van der Waals surface area contributed by atoms with Gasteiger partial charge in [-0.2, -0.15) is 11.8 Å². The molecule has 0 amide bonds. The van der Waals surface area contributed by atoms with Crippen molar-refractivity contribution in [3.05, 3.63) is 71.8 Å². The van der Waals surface area contributed by atoms with Crippen molar-refractivity contribution in [3.63, 3.8) is 0 Å². The molecule has 0 radical (unpaired) electrons. The van der Waals surface area contributed by atoms with E-state index in [1.165, 1.54) is 11.1 Å². The molecule has 0 saturated carbocycles. The largest absolute Gasteiger partial charge is 0.329 e. The molecule has 1 fully saturated rings. The van der Waals surface area contributed by atoms with Gasteiger partial charge in [0.15, 0.2) is 0 Å². The van der Waals surface area contributed by atoms with Gasteiger partial charge in [-0.3, -0.25) is 4.90 Å². The Bertz CT molecular complexity index is 505. The maximum absolute atomic E-state index is 6.12. The Kier molecular flexibility index (Phi) is 4.63. The normalized spacial score (nSPS) is 16.7. The molecule has 0 atom stereocenters. The molecule has 3 rings (SSSR count). The van der Waals surface area contributed by atoms with E-state index in [4.69, 9.17) is 5.73 Å². The van der Waals surface area contributed by atoms with E-state index in [9.17, 15) is 0 Å². The summed E-state index contributed by atoms with van der Waals surface area (Å²) in [5.41, 5.74) is 9.00. The molecule has 0 spiro atoms. The molecule has 1 aliphatic rings. The van der Waals surface area contributed by atoms with Gasteiger partial charge in [-0.25, -0.2) is 0 Å². The molecule has 21 heavy (non-hydrogen) atoms. The lowest BCUT2D eigenvalue weighted by atomic mass is 9.98. The standard InChI is InChI=1S/C18H22N2S/c19-13-18(14-21-15-18)20(11-16-7-3-1-4-8-16)12-17-9-5-2-6-10-17/h1-10H,11-15,19H2. The molecule has 2 aromatic rings. The predicted octanol–water partition coefficient (Wildman–Crippen LogP) is 3.13. The minimum Gasteiger partial charge on any atom is -0.329 e. The van der Waals surface area contributed by atoms with Crippen molar-refractivity contribution < 1.29 is 0 Å². The average molecular weight is 298 g/mol. The maximum Gasteiger partial charge on any atom is 0.0519 e. The number of benzene rings is 2. The Hall–Kier alpha value is -1.29. The molecule has 0 unspecified atom stereocenters. The van der Waals surface area contributed by atoms with Crippen LogP contribution in [0.3, 0.4) is 0 Å². The van der Waals surface area contributed by atoms with E-state index in [0.29, 0.717) is 0 Å². The first-order valence-corrected chi connectivity index (χ1v) is 8.59. The summed E-state index contributed by atoms with van der Waals surface area (Å²) in [6.45, 7) is 2.67. The molecule has 2 N–H and O–H groups in total. The maximum atomic E-state index is 6.12. The third kappa shape index (κ3) is 3.31. The second-order valence-electron chi connectivity index (χ2n) is 5.75. The zero-order chi connectivity index (χ0) is 14.5. The second kappa shape index (κ2) is 6.65. The molecular formula is C18H22N2S. The van der Waals surface area contributed by atoms with Gasteiger partial charge >= 0.3 is 0 Å². The van der Waals surface area contributed by atoms with Crippen LogP contribution in [0.2, 0.25) is 0 Å². The van der Waals surface area contributed by atoms with Crippen molar-refractivity contribution >= 4 is 11.8 Å². The summed E-state index contributed by atoms with van der Waals surface area (Å²) >= 11 is 2.00. The highest BCUT2D eigenvalue weighted by Crippen LogP contribution is 2.36. The minimum atomic E-state index is 0.163. The van der Waals surface area contributed by atoms with E-state index in [-0.39, 0.29) is 5.54 Å². The fourth-order valence-electron chi connectivity index (χ4n) is 2.77. The first-order valence-electron chi connectivity index (χ1n) is 7.43. The van der Waals surface area contributed by atoms with Crippen LogP contribution < -0.4 is 5.73 Å². The minimum absolute atomic E-state index is 0.163. The lowest BCUT2D eigenvalue weighted by Crippen LogP contribution is -2.61. The van der Waals surface area contributed by atoms with Crippen molar-refractivity contribution in [2.45, 2.75) is 18.6 Å². The van der Waals surface area contributed by atoms with Crippen LogP contribution in [0.15, 0.2) is 60.7 Å². The predicted molar refractivity (Wildman–Crippen MR) is 91.2 cm³/mol. The van der Waals surface area contributed by atoms with E-state index < -0.39 is 0 Å². The Morgan fingerprint density at radius 1 is 0.857 bits per heavy atom. The van der Waals surface area contributed by atoms with Crippen LogP contribution >= 0.6 is 11.8 Å². The van der Waals surface area contributed by atoms with E-state index >= 15 is 0 Å². The van der Waals surface area contributed by atoms with Gasteiger partial charge in [-0.05, 0) is 11.1 Å². The van der Waals surface area contributed by atoms with Gasteiger partial charge in [0.2, 0.25) is 0 Å². The van der Waals surface area contributed by atoms with Crippen LogP contribution in [-0.2, 0) is 13.1 Å². The highest BCUT2D eigenvalue weighted by Gasteiger charge is 2.41. The number of rotatable bonds is 6. The lowest BCUT2D eigenvalue weighted by molar-refractivity contribution is 0.108. The molecule has 2 nitrogen and oxygen atoms in total. The second-order valence-corrected chi connectivity index (χ2v) is 6.73. The van der Waals surface area contributed by atoms with Gasteiger partial charge in [0.1, 0.15) is 0 Å². The number of hydrogen-bond donors (Lipinski definition) is 1. The third-order valence-corrected chi connectivity index (χ3v) is 5.71. The zero-order valence-corrected chi connectivity index (χ0v) is 13.1. The highest BCUT2D eigenvalue weighted by atomic mass is 32.2. The molecule has 0 aromatic heterocycles. The number of nitrogens with two attached hydrogens (primary N) is 1. The lowest BCUT2D eigenvalue weighted by Gasteiger charge is -2.49. The molecule has 2 aromatic carbocycles. The van der Waals surface area contributed by atoms with Crippen molar-refractivity contribution in [3.8, 4) is 0 Å². The van der Waals surface area contributed by atoms with Crippen molar-refractivity contribution in [1.82, 2.24) is 4.90 Å². The Morgan fingerprint density at radius 2 is 1.33 bits per heavy atom. The Balaban J connectivity index is 1.81. The van der Waals surface area contributed by atoms with Crippen LogP contribution in [0.4, 0.5) is 0 Å². The first-order chi connectivity index (χ1) is 10.3. The smallest absolute Gasteiger partial charge is 0.0519 e. The van der Waals surface area contributed by atoms with Crippen LogP contribution in [-0.4, -0.2) is 28.5 Å². The Morgan fingerprint density at radius 3 is 1.67 bits per heavy atom. The quantitative estimate of drug-likeness (QED) is 0.888. The fourth-order valence-corrected chi connectivity index (χ4v) is 4.04. The Labute approximate surface area is 131 Å². The van der Waals surface area contributed by atoms with Gasteiger partial charge in [-0.1, -0.05) is 60.7 Å². The van der Waals surface area contributed by atoms with Gasteiger partial charge in [-0.15, -0.1) is 0 Å². The van der Waals surface area contributed by atoms with E-state index in [2.05, 4.69) is 65.6 Å². The summed E-state index contributed by atoms with van der Waals surface area (Å²) in [6, 6.07) is 21.4. The third-order valence-electron chi connectivity index (χ3n) is 4.22. The van der Waals surface area contributed by atoms with Crippen LogP contribution in [0.5, 0.6) is 0 Å². The number of nitrogens with zero attached hydrogens (tertiary/aromatic N) is 1. The summed E-state index contributed by atoms with van der Waals surface area (Å²) in [6.07, 6.45) is 0. The summed E-state index contributed by atoms with van der Waals surface area (Å²) < 4.78 is 0. The van der Waals surface area contributed by atoms with Gasteiger partial charge in [0, 0.05) is 31.1 Å². The van der Waals surface area contributed by atoms with Crippen molar-refractivity contribution in [2.75, 3.05) is 18.1 Å². The summed E-state index contributed by atoms with van der Waals surface area (Å²) in [7, 11) is 0. The summed E-state index contributed by atoms with van der Waals surface area (Å²) in [5, 5.41) is 0. The molecule has 1 aliphatic heterocycles. The first kappa shape index (κ1) is 14.6. The van der Waals surface area contributed by atoms with Gasteiger partial charge in [0.05, 0.1) is 5.54 Å². The van der Waals surface area contributed by atoms with Crippen LogP contribution in [0, 0.1) is 0 Å². The topological polar surface area (TPSA) is 29.3 Å². The molecule has 0 bridgehead atoms. The number of hydrogen-bond acceptors (Lipinski definition) is 3. The monoisotopic (exact) mass is 298 g/mol. The highest BCUT2D eigenvalue weighted by molar-refractivity contribution is 8.00. The van der Waals surface area contributed by atoms with E-state index in [1.807, 2.05) is 11.8 Å². The SMILES string of the molecule is NCC1(N(Cc2ccccc2)Cc2ccccc2)CSC1. The summed E-state index contributed by atoms with van der Waals surface area (Å²) in [4.78, 5) is 2.56. The van der Waals surface area contributed by atoms with Crippen molar-refractivity contribution in [1.29, 1.82) is 0 Å². The number of thioether (sulfide) groups is 1. The molecule has 1 saturated heterocycles. The molecule has 110 valence electrons. The average Bonchev–Trinajstić information content (AvgIpc) is 2.49. The van der Waals surface area contributed by atoms with Crippen LogP contribution in [0.1, 0.15) is 11.1 Å². The van der Waals surface area contributed by atoms with E-state index in [1.54, 1.807) is 0 Å². The van der Waals surface area contributed by atoms with Gasteiger partial charge in [0.25, 0.3) is 0 Å². The van der Waals surface area contributed by atoms with Crippen molar-refractivity contribution in [2.24, 2.45) is 5.73 Å². The molecule has 0 aliphatic carbocycles. The zero-order valence-electron chi connectivity index (χ0n) is 12.2. The van der Waals surface area contributed by atoms with Crippen LogP contribution in [0.25, 0.3) is 0 Å². The fraction of sp³-hybridized carbons (Fsp3) is 0.333. The molecule has 3 heteroatoms. The van der Waals surface area contributed by atoms with Gasteiger partial charge < -0.3 is 5.73 Å². The molecular weight excluding hydrogens is 276 g/mol.